The number of phosphoric ester groups is 2. The van der Waals surface area contributed by atoms with Gasteiger partial charge in [-0.1, -0.05) is 356 Å². The minimum Gasteiger partial charge on any atom is -0.462 e. The van der Waals surface area contributed by atoms with Gasteiger partial charge in [-0.05, 0) is 37.5 Å². The molecule has 0 heterocycles. The number of hydrogen-bond acceptors (Lipinski definition) is 15. The van der Waals surface area contributed by atoms with Gasteiger partial charge in [-0.3, -0.25) is 37.3 Å². The predicted molar refractivity (Wildman–Crippen MR) is 395 cm³/mol. The first kappa shape index (κ1) is 95.1. The van der Waals surface area contributed by atoms with Crippen molar-refractivity contribution in [3.8, 4) is 0 Å². The van der Waals surface area contributed by atoms with E-state index in [1.165, 1.54) is 218 Å². The zero-order valence-corrected chi connectivity index (χ0v) is 65.2. The molecule has 0 fully saturated rings. The highest BCUT2D eigenvalue weighted by atomic mass is 31.2. The summed E-state index contributed by atoms with van der Waals surface area (Å²) in [7, 11) is -9.91. The molecule has 5 atom stereocenters. The fraction of sp³-hybridized carbons (Fsp3) is 0.949. The molecule has 17 nitrogen and oxygen atoms in total. The number of esters is 4. The Morgan fingerprint density at radius 1 is 0.278 bits per heavy atom. The maximum Gasteiger partial charge on any atom is 0.472 e. The van der Waals surface area contributed by atoms with Crippen molar-refractivity contribution >= 4 is 39.5 Å². The molecule has 3 N–H and O–H groups in total. The van der Waals surface area contributed by atoms with Crippen molar-refractivity contribution in [2.75, 3.05) is 39.6 Å². The van der Waals surface area contributed by atoms with Gasteiger partial charge >= 0.3 is 39.5 Å². The molecule has 0 aliphatic rings. The summed E-state index contributed by atoms with van der Waals surface area (Å²) in [5, 5.41) is 10.6. The van der Waals surface area contributed by atoms with Crippen LogP contribution in [0.4, 0.5) is 0 Å². The van der Waals surface area contributed by atoms with E-state index >= 15 is 0 Å². The molecule has 0 radical (unpaired) electrons. The van der Waals surface area contributed by atoms with E-state index in [0.717, 1.165) is 102 Å². The topological polar surface area (TPSA) is 237 Å². The summed E-state index contributed by atoms with van der Waals surface area (Å²) in [5.41, 5.74) is 0. The second-order valence-corrected chi connectivity index (χ2v) is 32.0. The molecule has 2 unspecified atom stereocenters. The SMILES string of the molecule is CCCCCCCCCCCCCCCCCCCC(=O)O[C@H](COC(=O)CCCCCCCCCCCCCCCCCC)COP(=O)(O)OC[C@@H](O)COP(=O)(O)OC[C@@H](COC(=O)CCCCCCCCCC(C)C)OC(=O)CCCCCCCCCCCCCC(C)C. The Morgan fingerprint density at radius 3 is 0.701 bits per heavy atom. The number of rotatable bonds is 77. The molecule has 0 aliphatic carbocycles. The lowest BCUT2D eigenvalue weighted by atomic mass is 10.0. The second-order valence-electron chi connectivity index (χ2n) is 29.1. The highest BCUT2D eigenvalue weighted by Gasteiger charge is 2.30. The van der Waals surface area contributed by atoms with Crippen molar-refractivity contribution in [2.45, 2.75) is 426 Å². The van der Waals surface area contributed by atoms with E-state index in [2.05, 4.69) is 41.5 Å². The van der Waals surface area contributed by atoms with Crippen LogP contribution in [0.3, 0.4) is 0 Å². The molecule has 19 heteroatoms. The van der Waals surface area contributed by atoms with E-state index in [4.69, 9.17) is 37.0 Å². The molecule has 0 saturated carbocycles. The first-order valence-electron chi connectivity index (χ1n) is 40.5. The lowest BCUT2D eigenvalue weighted by molar-refractivity contribution is -0.161. The van der Waals surface area contributed by atoms with Gasteiger partial charge < -0.3 is 33.8 Å². The number of ether oxygens (including phenoxy) is 4. The molecule has 0 saturated heterocycles. The minimum atomic E-state index is -4.96. The van der Waals surface area contributed by atoms with E-state index in [9.17, 15) is 43.2 Å². The monoisotopic (exact) mass is 1420 g/mol. The molecule has 0 amide bonds. The molecular formula is C78H152O17P2. The highest BCUT2D eigenvalue weighted by molar-refractivity contribution is 7.47. The molecular weight excluding hydrogens is 1270 g/mol. The Kier molecular flexibility index (Phi) is 68.4. The minimum absolute atomic E-state index is 0.106. The molecule has 97 heavy (non-hydrogen) atoms. The van der Waals surface area contributed by atoms with E-state index in [1.54, 1.807) is 0 Å². The average Bonchev–Trinajstić information content (AvgIpc) is 1.41. The lowest BCUT2D eigenvalue weighted by Gasteiger charge is -2.21. The summed E-state index contributed by atoms with van der Waals surface area (Å²) in [5.74, 6) is -0.642. The maximum atomic E-state index is 13.1. The van der Waals surface area contributed by atoms with Gasteiger partial charge in [-0.2, -0.15) is 0 Å². The Morgan fingerprint density at radius 2 is 0.474 bits per heavy atom. The molecule has 0 spiro atoms. The van der Waals surface area contributed by atoms with Crippen LogP contribution in [-0.2, 0) is 65.4 Å². The third-order valence-electron chi connectivity index (χ3n) is 18.2. The zero-order chi connectivity index (χ0) is 71.4. The van der Waals surface area contributed by atoms with E-state index in [-0.39, 0.29) is 25.7 Å². The third kappa shape index (κ3) is 72.2. The van der Waals surface area contributed by atoms with Crippen LogP contribution in [0, 0.1) is 11.8 Å². The van der Waals surface area contributed by atoms with E-state index < -0.39 is 97.5 Å². The predicted octanol–water partition coefficient (Wildman–Crippen LogP) is 23.1. The number of unbranched alkanes of at least 4 members (excludes halogenated alkanes) is 47. The normalized spacial score (nSPS) is 14.0. The van der Waals surface area contributed by atoms with Crippen LogP contribution in [0.1, 0.15) is 408 Å². The van der Waals surface area contributed by atoms with Gasteiger partial charge in [0.1, 0.15) is 19.3 Å². The van der Waals surface area contributed by atoms with Crippen LogP contribution in [0.25, 0.3) is 0 Å². The summed E-state index contributed by atoms with van der Waals surface area (Å²) in [4.78, 5) is 72.9. The van der Waals surface area contributed by atoms with Gasteiger partial charge in [0.05, 0.1) is 26.4 Å². The van der Waals surface area contributed by atoms with E-state index in [0.29, 0.717) is 31.6 Å². The Balaban J connectivity index is 5.25. The summed E-state index contributed by atoms with van der Waals surface area (Å²) in [6.07, 6.45) is 58.3. The van der Waals surface area contributed by atoms with Crippen LogP contribution in [0.2, 0.25) is 0 Å². The third-order valence-corrected chi connectivity index (χ3v) is 20.1. The van der Waals surface area contributed by atoms with Crippen molar-refractivity contribution in [1.82, 2.24) is 0 Å². The number of phosphoric acid groups is 2. The molecule has 0 rings (SSSR count). The van der Waals surface area contributed by atoms with Crippen LogP contribution in [0.15, 0.2) is 0 Å². The first-order valence-corrected chi connectivity index (χ1v) is 43.5. The van der Waals surface area contributed by atoms with Crippen LogP contribution in [0.5, 0.6) is 0 Å². The Hall–Kier alpha value is -1.94. The largest absolute Gasteiger partial charge is 0.472 e. The van der Waals surface area contributed by atoms with Gasteiger partial charge in [-0.15, -0.1) is 0 Å². The fourth-order valence-electron chi connectivity index (χ4n) is 12.0. The van der Waals surface area contributed by atoms with Crippen molar-refractivity contribution in [1.29, 1.82) is 0 Å². The summed E-state index contributed by atoms with van der Waals surface area (Å²) in [6, 6.07) is 0. The summed E-state index contributed by atoms with van der Waals surface area (Å²) >= 11 is 0. The molecule has 0 aromatic heterocycles. The average molecular weight is 1420 g/mol. The molecule has 0 aliphatic heterocycles. The Bertz CT molecular complexity index is 1870. The molecule has 576 valence electrons. The summed E-state index contributed by atoms with van der Waals surface area (Å²) < 4.78 is 68.6. The lowest BCUT2D eigenvalue weighted by Crippen LogP contribution is -2.30. The van der Waals surface area contributed by atoms with Crippen molar-refractivity contribution in [3.63, 3.8) is 0 Å². The highest BCUT2D eigenvalue weighted by Crippen LogP contribution is 2.45. The number of aliphatic hydroxyl groups excluding tert-OH is 1. The van der Waals surface area contributed by atoms with Gasteiger partial charge in [-0.25, -0.2) is 9.13 Å². The van der Waals surface area contributed by atoms with Crippen LogP contribution < -0.4 is 0 Å². The maximum absolute atomic E-state index is 13.1. The van der Waals surface area contributed by atoms with Crippen molar-refractivity contribution < 1.29 is 80.2 Å². The first-order chi connectivity index (χ1) is 46.9. The van der Waals surface area contributed by atoms with E-state index in [1.807, 2.05) is 0 Å². The van der Waals surface area contributed by atoms with Crippen molar-refractivity contribution in [2.24, 2.45) is 11.8 Å². The standard InChI is InChI=1S/C78H152O17P2/c1-7-9-11-13-15-17-19-21-23-25-27-29-33-37-43-50-56-62-77(82)94-73(66-88-75(80)60-54-48-42-36-32-28-26-24-22-20-18-16-14-12-10-8-2)68-92-96(84,85)90-64-72(79)65-91-97(86,87)93-69-74(67-89-76(81)61-55-49-45-39-41-47-53-59-71(5)6)95-78(83)63-57-51-44-38-34-30-31-35-40-46-52-58-70(3)4/h70-74,79H,7-69H2,1-6H3,(H,84,85)(H,86,87)/t72-,73-,74-/m1/s1. The van der Waals surface area contributed by atoms with Gasteiger partial charge in [0.25, 0.3) is 0 Å². The Labute approximate surface area is 594 Å². The smallest absolute Gasteiger partial charge is 0.462 e. The van der Waals surface area contributed by atoms with Gasteiger partial charge in [0.2, 0.25) is 0 Å². The fourth-order valence-corrected chi connectivity index (χ4v) is 13.6. The van der Waals surface area contributed by atoms with Crippen LogP contribution >= 0.6 is 15.6 Å². The zero-order valence-electron chi connectivity index (χ0n) is 63.4. The summed E-state index contributed by atoms with van der Waals surface area (Å²) in [6.45, 7) is 9.56. The second kappa shape index (κ2) is 69.8. The number of hydrogen-bond donors (Lipinski definition) is 3. The number of carbonyl (C=O) groups is 4. The quantitative estimate of drug-likeness (QED) is 0.0222. The van der Waals surface area contributed by atoms with Crippen molar-refractivity contribution in [3.05, 3.63) is 0 Å². The van der Waals surface area contributed by atoms with Gasteiger partial charge in [0, 0.05) is 25.7 Å². The number of carbonyl (C=O) groups excluding carboxylic acids is 4. The molecule has 0 bridgehead atoms. The molecule has 0 aromatic carbocycles. The molecule has 0 aromatic rings. The van der Waals surface area contributed by atoms with Gasteiger partial charge in [0.15, 0.2) is 12.2 Å². The number of aliphatic hydroxyl groups is 1. The van der Waals surface area contributed by atoms with Crippen LogP contribution in [-0.4, -0.2) is 96.7 Å².